The molecule has 0 aliphatic rings. The molecule has 0 spiro atoms. The van der Waals surface area contributed by atoms with Gasteiger partial charge in [-0.05, 0) is 30.3 Å². The van der Waals surface area contributed by atoms with E-state index in [0.717, 1.165) is 6.07 Å². The Hall–Kier alpha value is -3.64. The number of benzene rings is 3. The van der Waals surface area contributed by atoms with E-state index in [9.17, 15) is 30.4 Å². The molecule has 0 saturated heterocycles. The van der Waals surface area contributed by atoms with Gasteiger partial charge in [0.25, 0.3) is 0 Å². The quantitative estimate of drug-likeness (QED) is 0.434. The second-order valence-electron chi connectivity index (χ2n) is 6.88. The fourth-order valence-electron chi connectivity index (χ4n) is 3.42. The van der Waals surface area contributed by atoms with Crippen molar-refractivity contribution in [2.45, 2.75) is 13.8 Å². The average Bonchev–Trinajstić information content (AvgIpc) is 2.74. The van der Waals surface area contributed by atoms with Crippen LogP contribution in [0.2, 0.25) is 0 Å². The number of carbonyl (C=O) groups excluding carboxylic acids is 2. The molecule has 166 valence electrons. The molecule has 3 rings (SSSR count). The normalized spacial score (nSPS) is 12.7. The summed E-state index contributed by atoms with van der Waals surface area (Å²) in [4.78, 5) is 27.5. The van der Waals surface area contributed by atoms with Crippen LogP contribution >= 0.6 is 0 Å². The molecular weight excluding hydrogens is 416 g/mol. The number of carbonyl (C=O) groups is 2. The van der Waals surface area contributed by atoms with Crippen LogP contribution in [0.3, 0.4) is 0 Å². The molecule has 2 unspecified atom stereocenters. The highest BCUT2D eigenvalue weighted by Crippen LogP contribution is 2.40. The van der Waals surface area contributed by atoms with Crippen LogP contribution in [0.4, 0.5) is 34.1 Å². The lowest BCUT2D eigenvalue weighted by atomic mass is 10.1. The van der Waals surface area contributed by atoms with Crippen LogP contribution in [0.5, 0.6) is 0 Å². The molecule has 2 atom stereocenters. The zero-order valence-corrected chi connectivity index (χ0v) is 17.4. The molecule has 0 aromatic heterocycles. The predicted octanol–water partition coefficient (Wildman–Crippen LogP) is 1.86. The summed E-state index contributed by atoms with van der Waals surface area (Å²) in [5, 5.41) is 40.8. The van der Waals surface area contributed by atoms with Crippen LogP contribution in [0.15, 0.2) is 72.8 Å². The van der Waals surface area contributed by atoms with Gasteiger partial charge >= 0.3 is 0 Å². The van der Waals surface area contributed by atoms with Crippen molar-refractivity contribution in [2.24, 2.45) is 0 Å². The molecule has 4 N–H and O–H groups in total. The Morgan fingerprint density at radius 3 is 1.31 bits per heavy atom. The molecule has 0 heterocycles. The average molecular weight is 438 g/mol. The summed E-state index contributed by atoms with van der Waals surface area (Å²) in [5.74, 6) is -0.969. The first-order valence-electron chi connectivity index (χ1n) is 9.58. The van der Waals surface area contributed by atoms with E-state index >= 15 is 0 Å². The predicted molar refractivity (Wildman–Crippen MR) is 117 cm³/mol. The van der Waals surface area contributed by atoms with E-state index in [-0.39, 0.29) is 22.7 Å². The molecule has 10 heteroatoms. The Bertz CT molecular complexity index is 1020. The molecule has 3 aromatic rings. The SMILES string of the molecule is CC(=O)N(c1ccccc1)c1cc(N(C(C)=O)c2ccccc2)c([NH+]([O-])O)cc1[NH+]([O-])O. The van der Waals surface area contributed by atoms with Crippen LogP contribution in [-0.4, -0.2) is 22.2 Å². The van der Waals surface area contributed by atoms with Gasteiger partial charge in [-0.1, -0.05) is 36.4 Å². The number of para-hydroxylation sites is 2. The Morgan fingerprint density at radius 2 is 1.03 bits per heavy atom. The number of amides is 2. The topological polar surface area (TPSA) is 136 Å². The Balaban J connectivity index is 2.35. The third-order valence-corrected chi connectivity index (χ3v) is 4.72. The second kappa shape index (κ2) is 9.66. The summed E-state index contributed by atoms with van der Waals surface area (Å²) >= 11 is 0. The second-order valence-corrected chi connectivity index (χ2v) is 6.88. The fourth-order valence-corrected chi connectivity index (χ4v) is 3.42. The molecule has 0 aliphatic carbocycles. The van der Waals surface area contributed by atoms with E-state index in [4.69, 9.17) is 0 Å². The Labute approximate surface area is 183 Å². The summed E-state index contributed by atoms with van der Waals surface area (Å²) in [7, 11) is 0. The standard InChI is InChI=1S/C22H22N4O6/c1-15(27)23(17-9-5-3-6-10-17)19-13-20(22(26(31)32)14-21(19)25(29)30)24(16(2)28)18-11-7-4-8-12-18/h3-14,25-26,29,31H,1-2H3. The highest BCUT2D eigenvalue weighted by Gasteiger charge is 2.30. The summed E-state index contributed by atoms with van der Waals surface area (Å²) in [6.45, 7) is 2.53. The number of rotatable bonds is 6. The number of nitrogens with one attached hydrogen (secondary N) is 2. The van der Waals surface area contributed by atoms with Crippen LogP contribution in [0, 0.1) is 10.4 Å². The van der Waals surface area contributed by atoms with E-state index in [2.05, 4.69) is 0 Å². The van der Waals surface area contributed by atoms with Gasteiger partial charge in [0.2, 0.25) is 11.8 Å². The molecule has 3 aromatic carbocycles. The van der Waals surface area contributed by atoms with Gasteiger partial charge < -0.3 is 10.4 Å². The summed E-state index contributed by atoms with van der Waals surface area (Å²) < 4.78 is 0. The first kappa shape index (κ1) is 23.0. The van der Waals surface area contributed by atoms with Crippen molar-refractivity contribution in [3.8, 4) is 0 Å². The number of nitrogens with zero attached hydrogens (tertiary/aromatic N) is 2. The Morgan fingerprint density at radius 1 is 0.688 bits per heavy atom. The van der Waals surface area contributed by atoms with Gasteiger partial charge in [0.1, 0.15) is 11.4 Å². The molecule has 0 bridgehead atoms. The maximum absolute atomic E-state index is 12.6. The monoisotopic (exact) mass is 438 g/mol. The lowest BCUT2D eigenvalue weighted by Crippen LogP contribution is -3.01. The molecule has 0 fully saturated rings. The van der Waals surface area contributed by atoms with E-state index < -0.39 is 22.3 Å². The van der Waals surface area contributed by atoms with Gasteiger partial charge in [-0.3, -0.25) is 19.4 Å². The third-order valence-electron chi connectivity index (χ3n) is 4.72. The Kier molecular flexibility index (Phi) is 6.95. The first-order valence-corrected chi connectivity index (χ1v) is 9.58. The largest absolute Gasteiger partial charge is 0.595 e. The number of hydrogen-bond acceptors (Lipinski definition) is 6. The van der Waals surface area contributed by atoms with Gasteiger partial charge in [-0.25, -0.2) is 10.4 Å². The van der Waals surface area contributed by atoms with Crippen LogP contribution in [0.25, 0.3) is 0 Å². The van der Waals surface area contributed by atoms with Crippen molar-refractivity contribution < 1.29 is 30.5 Å². The fraction of sp³-hybridized carbons (Fsp3) is 0.0909. The van der Waals surface area contributed by atoms with Crippen molar-refractivity contribution >= 4 is 45.9 Å². The highest BCUT2D eigenvalue weighted by atomic mass is 16.8. The zero-order valence-electron chi connectivity index (χ0n) is 17.4. The lowest BCUT2D eigenvalue weighted by molar-refractivity contribution is -0.995. The van der Waals surface area contributed by atoms with Gasteiger partial charge in [0.15, 0.2) is 11.4 Å². The van der Waals surface area contributed by atoms with Crippen LogP contribution in [-0.2, 0) is 9.59 Å². The summed E-state index contributed by atoms with van der Waals surface area (Å²) in [6, 6.07) is 18.9. The molecule has 2 amide bonds. The number of anilines is 4. The summed E-state index contributed by atoms with van der Waals surface area (Å²) in [6.07, 6.45) is 0. The number of hydrogen-bond donors (Lipinski definition) is 4. The smallest absolute Gasteiger partial charge is 0.228 e. The maximum Gasteiger partial charge on any atom is 0.228 e. The van der Waals surface area contributed by atoms with Crippen LogP contribution < -0.4 is 20.3 Å². The van der Waals surface area contributed by atoms with E-state index in [1.807, 2.05) is 0 Å². The minimum Gasteiger partial charge on any atom is -0.595 e. The lowest BCUT2D eigenvalue weighted by Gasteiger charge is -2.30. The highest BCUT2D eigenvalue weighted by molar-refractivity contribution is 6.06. The summed E-state index contributed by atoms with van der Waals surface area (Å²) in [5.41, 5.74) is -0.100. The van der Waals surface area contributed by atoms with Crippen molar-refractivity contribution in [1.29, 1.82) is 0 Å². The van der Waals surface area contributed by atoms with E-state index in [0.29, 0.717) is 11.4 Å². The van der Waals surface area contributed by atoms with Crippen molar-refractivity contribution in [2.75, 3.05) is 9.80 Å². The van der Waals surface area contributed by atoms with Crippen molar-refractivity contribution in [3.63, 3.8) is 0 Å². The van der Waals surface area contributed by atoms with Gasteiger partial charge in [0.05, 0.1) is 6.07 Å². The molecular formula is C22H22N4O6. The van der Waals surface area contributed by atoms with Crippen molar-refractivity contribution in [1.82, 2.24) is 0 Å². The first-order chi connectivity index (χ1) is 15.2. The van der Waals surface area contributed by atoms with E-state index in [1.165, 1.54) is 29.7 Å². The number of quaternary nitrogens is 2. The molecule has 0 saturated carbocycles. The van der Waals surface area contributed by atoms with Gasteiger partial charge in [0, 0.05) is 25.2 Å². The zero-order chi connectivity index (χ0) is 23.4. The minimum atomic E-state index is -1.41. The third kappa shape index (κ3) is 4.65. The van der Waals surface area contributed by atoms with Crippen LogP contribution in [0.1, 0.15) is 13.8 Å². The van der Waals surface area contributed by atoms with Gasteiger partial charge in [-0.2, -0.15) is 10.5 Å². The van der Waals surface area contributed by atoms with Gasteiger partial charge in [-0.15, -0.1) is 0 Å². The molecule has 0 radical (unpaired) electrons. The molecule has 0 aliphatic heterocycles. The molecule has 10 nitrogen and oxygen atoms in total. The van der Waals surface area contributed by atoms with Crippen molar-refractivity contribution in [3.05, 3.63) is 83.2 Å². The minimum absolute atomic E-state index is 0.0571. The molecule has 32 heavy (non-hydrogen) atoms. The maximum atomic E-state index is 12.6. The van der Waals surface area contributed by atoms with E-state index in [1.54, 1.807) is 60.7 Å².